The first-order chi connectivity index (χ1) is 14.7. The Morgan fingerprint density at radius 3 is 2.48 bits per heavy atom. The number of carbonyl (C=O) groups is 2. The second kappa shape index (κ2) is 9.27. The van der Waals surface area contributed by atoms with Crippen molar-refractivity contribution in [3.8, 4) is 0 Å². The van der Waals surface area contributed by atoms with Gasteiger partial charge < -0.3 is 10.1 Å². The molecule has 0 atom stereocenters. The average Bonchev–Trinajstić information content (AvgIpc) is 3.08. The number of anilines is 2. The molecule has 1 amide bonds. The fourth-order valence-electron chi connectivity index (χ4n) is 2.68. The van der Waals surface area contributed by atoms with Gasteiger partial charge in [0.15, 0.2) is 0 Å². The molecule has 1 heterocycles. The predicted octanol–water partition coefficient (Wildman–Crippen LogP) is 4.43. The van der Waals surface area contributed by atoms with E-state index in [0.717, 1.165) is 35.6 Å². The van der Waals surface area contributed by atoms with Crippen LogP contribution in [-0.2, 0) is 14.8 Å². The number of ether oxygens (including phenoxy) is 1. The fourth-order valence-corrected chi connectivity index (χ4v) is 4.69. The molecule has 0 saturated carbocycles. The third-order valence-electron chi connectivity index (χ3n) is 4.12. The maximum absolute atomic E-state index is 13.0. The van der Waals surface area contributed by atoms with Crippen LogP contribution in [0.25, 0.3) is 0 Å². The minimum Gasteiger partial charge on any atom is -0.462 e. The van der Waals surface area contributed by atoms with E-state index in [2.05, 4.69) is 10.0 Å². The Kier molecular flexibility index (Phi) is 6.71. The van der Waals surface area contributed by atoms with Gasteiger partial charge in [-0.2, -0.15) is 0 Å². The van der Waals surface area contributed by atoms with Crippen LogP contribution in [0.4, 0.5) is 15.1 Å². The number of rotatable bonds is 7. The van der Waals surface area contributed by atoms with Crippen LogP contribution in [0.3, 0.4) is 0 Å². The largest absolute Gasteiger partial charge is 0.462 e. The molecule has 162 valence electrons. The van der Waals surface area contributed by atoms with Gasteiger partial charge in [-0.3, -0.25) is 9.52 Å². The van der Waals surface area contributed by atoms with Gasteiger partial charge in [0.25, 0.3) is 15.9 Å². The maximum atomic E-state index is 13.0. The number of esters is 1. The van der Waals surface area contributed by atoms with Crippen molar-refractivity contribution >= 4 is 43.9 Å². The Morgan fingerprint density at radius 2 is 1.81 bits per heavy atom. The van der Waals surface area contributed by atoms with Crippen LogP contribution < -0.4 is 10.0 Å². The van der Waals surface area contributed by atoms with E-state index in [-0.39, 0.29) is 22.8 Å². The highest BCUT2D eigenvalue weighted by Gasteiger charge is 2.18. The van der Waals surface area contributed by atoms with E-state index in [0.29, 0.717) is 15.4 Å². The quantitative estimate of drug-likeness (QED) is 0.506. The summed E-state index contributed by atoms with van der Waals surface area (Å²) >= 11 is 1.09. The molecule has 0 aliphatic heterocycles. The highest BCUT2D eigenvalue weighted by molar-refractivity contribution is 7.92. The standard InChI is InChI=1S/C21H19FN2O5S2/c1-3-29-21(26)19-13(2)11-18(30-19)23-20(25)14-5-4-6-16(12-14)24-31(27,28)17-9-7-15(22)8-10-17/h4-12,24H,3H2,1-2H3,(H,23,25). The molecule has 0 bridgehead atoms. The molecule has 3 rings (SSSR count). The highest BCUT2D eigenvalue weighted by Crippen LogP contribution is 2.28. The van der Waals surface area contributed by atoms with Gasteiger partial charge in [-0.25, -0.2) is 17.6 Å². The zero-order chi connectivity index (χ0) is 22.6. The predicted molar refractivity (Wildman–Crippen MR) is 117 cm³/mol. The molecule has 0 saturated heterocycles. The second-order valence-electron chi connectivity index (χ2n) is 6.44. The summed E-state index contributed by atoms with van der Waals surface area (Å²) in [6.07, 6.45) is 0. The van der Waals surface area contributed by atoms with Crippen molar-refractivity contribution in [2.24, 2.45) is 0 Å². The molecule has 0 fully saturated rings. The van der Waals surface area contributed by atoms with Gasteiger partial charge in [0.2, 0.25) is 0 Å². The van der Waals surface area contributed by atoms with Crippen LogP contribution in [0.2, 0.25) is 0 Å². The summed E-state index contributed by atoms with van der Waals surface area (Å²) in [6.45, 7) is 3.70. The van der Waals surface area contributed by atoms with E-state index >= 15 is 0 Å². The lowest BCUT2D eigenvalue weighted by molar-refractivity contribution is 0.0531. The highest BCUT2D eigenvalue weighted by atomic mass is 32.2. The average molecular weight is 463 g/mol. The molecule has 0 spiro atoms. The van der Waals surface area contributed by atoms with Gasteiger partial charge in [-0.05, 0) is 67.9 Å². The van der Waals surface area contributed by atoms with E-state index in [1.807, 2.05) is 0 Å². The summed E-state index contributed by atoms with van der Waals surface area (Å²) in [6, 6.07) is 12.0. The molecule has 0 aliphatic carbocycles. The molecule has 10 heteroatoms. The lowest BCUT2D eigenvalue weighted by Crippen LogP contribution is -2.15. The van der Waals surface area contributed by atoms with Gasteiger partial charge >= 0.3 is 5.97 Å². The summed E-state index contributed by atoms with van der Waals surface area (Å²) in [5, 5.41) is 3.16. The zero-order valence-corrected chi connectivity index (χ0v) is 18.3. The zero-order valence-electron chi connectivity index (χ0n) is 16.6. The third-order valence-corrected chi connectivity index (χ3v) is 6.65. The second-order valence-corrected chi connectivity index (χ2v) is 9.17. The molecular weight excluding hydrogens is 443 g/mol. The van der Waals surface area contributed by atoms with Crippen LogP contribution in [-0.4, -0.2) is 26.9 Å². The van der Waals surface area contributed by atoms with Gasteiger partial charge in [0.1, 0.15) is 10.7 Å². The number of sulfonamides is 1. The number of aryl methyl sites for hydroxylation is 1. The van der Waals surface area contributed by atoms with Crippen LogP contribution in [0, 0.1) is 12.7 Å². The first-order valence-corrected chi connectivity index (χ1v) is 11.5. The van der Waals surface area contributed by atoms with Crippen molar-refractivity contribution in [1.82, 2.24) is 0 Å². The van der Waals surface area contributed by atoms with E-state index < -0.39 is 27.7 Å². The monoisotopic (exact) mass is 462 g/mol. The molecular formula is C21H19FN2O5S2. The minimum atomic E-state index is -3.95. The number of amides is 1. The molecule has 1 aromatic heterocycles. The molecule has 2 aromatic carbocycles. The first kappa shape index (κ1) is 22.4. The fraction of sp³-hybridized carbons (Fsp3) is 0.143. The van der Waals surface area contributed by atoms with E-state index in [4.69, 9.17) is 4.74 Å². The van der Waals surface area contributed by atoms with Crippen molar-refractivity contribution in [1.29, 1.82) is 0 Å². The number of carbonyl (C=O) groups excluding carboxylic acids is 2. The normalized spacial score (nSPS) is 11.1. The molecule has 0 unspecified atom stereocenters. The van der Waals surface area contributed by atoms with E-state index in [1.165, 1.54) is 24.3 Å². The van der Waals surface area contributed by atoms with Gasteiger partial charge in [-0.1, -0.05) is 6.07 Å². The van der Waals surface area contributed by atoms with Crippen LogP contribution in [0.15, 0.2) is 59.5 Å². The van der Waals surface area contributed by atoms with E-state index in [9.17, 15) is 22.4 Å². The SMILES string of the molecule is CCOC(=O)c1sc(NC(=O)c2cccc(NS(=O)(=O)c3ccc(F)cc3)c2)cc1C. The molecule has 0 radical (unpaired) electrons. The summed E-state index contributed by atoms with van der Waals surface area (Å²) in [5.74, 6) is -1.48. The maximum Gasteiger partial charge on any atom is 0.348 e. The Morgan fingerprint density at radius 1 is 1.10 bits per heavy atom. The molecule has 3 aromatic rings. The van der Waals surface area contributed by atoms with Crippen LogP contribution >= 0.6 is 11.3 Å². The van der Waals surface area contributed by atoms with Crippen molar-refractivity contribution in [2.75, 3.05) is 16.6 Å². The van der Waals surface area contributed by atoms with Gasteiger partial charge in [0, 0.05) is 11.3 Å². The van der Waals surface area contributed by atoms with Gasteiger partial charge in [0.05, 0.1) is 16.5 Å². The summed E-state index contributed by atoms with van der Waals surface area (Å²) in [4.78, 5) is 24.8. The molecule has 7 nitrogen and oxygen atoms in total. The minimum absolute atomic E-state index is 0.107. The lowest BCUT2D eigenvalue weighted by atomic mass is 10.2. The van der Waals surface area contributed by atoms with Crippen LogP contribution in [0.1, 0.15) is 32.5 Å². The Bertz CT molecular complexity index is 1220. The molecule has 0 aliphatic rings. The number of halogens is 1. The smallest absolute Gasteiger partial charge is 0.348 e. The molecule has 31 heavy (non-hydrogen) atoms. The topological polar surface area (TPSA) is 102 Å². The Hall–Kier alpha value is -3.24. The number of hydrogen-bond acceptors (Lipinski definition) is 6. The molecule has 2 N–H and O–H groups in total. The summed E-state index contributed by atoms with van der Waals surface area (Å²) < 4.78 is 45.3. The number of hydrogen-bond donors (Lipinski definition) is 2. The Labute approximate surface area is 182 Å². The van der Waals surface area contributed by atoms with Crippen molar-refractivity contribution in [3.63, 3.8) is 0 Å². The Balaban J connectivity index is 1.75. The number of nitrogens with one attached hydrogen (secondary N) is 2. The first-order valence-electron chi connectivity index (χ1n) is 9.17. The van der Waals surface area contributed by atoms with Crippen molar-refractivity contribution in [3.05, 3.63) is 76.4 Å². The summed E-state index contributed by atoms with van der Waals surface area (Å²) in [7, 11) is -3.95. The van der Waals surface area contributed by atoms with Crippen molar-refractivity contribution < 1.29 is 27.1 Å². The number of benzene rings is 2. The van der Waals surface area contributed by atoms with E-state index in [1.54, 1.807) is 19.9 Å². The third kappa shape index (κ3) is 5.47. The number of thiophene rings is 1. The van der Waals surface area contributed by atoms with Crippen molar-refractivity contribution in [2.45, 2.75) is 18.7 Å². The summed E-state index contributed by atoms with van der Waals surface area (Å²) in [5.41, 5.74) is 1.06. The lowest BCUT2D eigenvalue weighted by Gasteiger charge is -2.09. The van der Waals surface area contributed by atoms with Gasteiger partial charge in [-0.15, -0.1) is 11.3 Å². The van der Waals surface area contributed by atoms with Crippen LogP contribution in [0.5, 0.6) is 0 Å².